The molecular weight excluding hydrogens is 288 g/mol. The van der Waals surface area contributed by atoms with Gasteiger partial charge < -0.3 is 10.1 Å². The van der Waals surface area contributed by atoms with Gasteiger partial charge in [0.1, 0.15) is 0 Å². The highest BCUT2D eigenvalue weighted by molar-refractivity contribution is 5.99. The Hall–Kier alpha value is -2.33. The number of hydrogen-bond donors (Lipinski definition) is 2. The van der Waals surface area contributed by atoms with E-state index in [1.165, 1.54) is 22.2 Å². The van der Waals surface area contributed by atoms with Crippen molar-refractivity contribution < 1.29 is 9.90 Å². The summed E-state index contributed by atoms with van der Waals surface area (Å²) in [5.74, 6) is -1.18. The van der Waals surface area contributed by atoms with Crippen LogP contribution in [0.3, 0.4) is 0 Å². The average Bonchev–Trinajstić information content (AvgIpc) is 2.88. The maximum Gasteiger partial charge on any atom is 0.311 e. The van der Waals surface area contributed by atoms with Gasteiger partial charge in [-0.25, -0.2) is 0 Å². The Labute approximate surface area is 135 Å². The monoisotopic (exact) mass is 308 g/mol. The number of allylic oxidation sites excluding steroid dienone is 1. The van der Waals surface area contributed by atoms with Crippen LogP contribution in [0.4, 0.5) is 0 Å². The van der Waals surface area contributed by atoms with Crippen LogP contribution in [0.25, 0.3) is 16.5 Å². The van der Waals surface area contributed by atoms with Crippen molar-refractivity contribution in [1.29, 1.82) is 0 Å². The predicted molar refractivity (Wildman–Crippen MR) is 91.4 cm³/mol. The average molecular weight is 308 g/mol. The molecule has 118 valence electrons. The van der Waals surface area contributed by atoms with Gasteiger partial charge in [-0.3, -0.25) is 9.69 Å². The first-order valence-electron chi connectivity index (χ1n) is 7.98. The summed E-state index contributed by atoms with van der Waals surface area (Å²) in [5.41, 5.74) is 6.06. The summed E-state index contributed by atoms with van der Waals surface area (Å²) in [4.78, 5) is 17.2. The zero-order valence-electron chi connectivity index (χ0n) is 13.2. The van der Waals surface area contributed by atoms with Crippen LogP contribution in [0.2, 0.25) is 0 Å². The molecule has 4 rings (SSSR count). The number of nitrogens with zero attached hydrogens (tertiary/aromatic N) is 1. The Bertz CT molecular complexity index is 846. The van der Waals surface area contributed by atoms with E-state index in [-0.39, 0.29) is 6.04 Å². The van der Waals surface area contributed by atoms with E-state index in [1.807, 2.05) is 25.3 Å². The lowest BCUT2D eigenvalue weighted by Gasteiger charge is -2.39. The number of aliphatic carboxylic acids is 1. The number of H-pyrrole nitrogens is 1. The maximum absolute atomic E-state index is 11.5. The normalized spacial score (nSPS) is 23.4. The molecule has 0 radical (unpaired) electrons. The Morgan fingerprint density at radius 3 is 3.09 bits per heavy atom. The van der Waals surface area contributed by atoms with Gasteiger partial charge in [-0.15, -0.1) is 6.58 Å². The Kier molecular flexibility index (Phi) is 3.16. The first-order chi connectivity index (χ1) is 11.1. The van der Waals surface area contributed by atoms with E-state index in [2.05, 4.69) is 28.6 Å². The second-order valence-corrected chi connectivity index (χ2v) is 6.53. The number of carbonyl (C=O) groups is 1. The van der Waals surface area contributed by atoms with E-state index in [1.54, 1.807) is 0 Å². The maximum atomic E-state index is 11.5. The molecule has 0 bridgehead atoms. The van der Waals surface area contributed by atoms with Crippen LogP contribution in [0.15, 0.2) is 36.9 Å². The molecule has 2 aromatic rings. The van der Waals surface area contributed by atoms with Gasteiger partial charge in [0, 0.05) is 35.6 Å². The van der Waals surface area contributed by atoms with Crippen molar-refractivity contribution in [1.82, 2.24) is 9.88 Å². The van der Waals surface area contributed by atoms with Crippen LogP contribution in [-0.4, -0.2) is 40.6 Å². The first-order valence-corrected chi connectivity index (χ1v) is 7.98. The topological polar surface area (TPSA) is 56.3 Å². The molecule has 1 aromatic carbocycles. The molecule has 23 heavy (non-hydrogen) atoms. The van der Waals surface area contributed by atoms with Gasteiger partial charge >= 0.3 is 5.97 Å². The summed E-state index contributed by atoms with van der Waals surface area (Å²) in [5, 5.41) is 10.7. The minimum Gasteiger partial charge on any atom is -0.481 e. The summed E-state index contributed by atoms with van der Waals surface area (Å²) in [6, 6.07) is 6.51. The molecule has 0 fully saturated rings. The number of fused-ring (bicyclic) bond motifs is 2. The van der Waals surface area contributed by atoms with Crippen LogP contribution in [0, 0.1) is 5.92 Å². The molecule has 0 unspecified atom stereocenters. The second-order valence-electron chi connectivity index (χ2n) is 6.53. The van der Waals surface area contributed by atoms with Gasteiger partial charge in [0.2, 0.25) is 0 Å². The van der Waals surface area contributed by atoms with E-state index in [9.17, 15) is 9.90 Å². The van der Waals surface area contributed by atoms with Gasteiger partial charge in [-0.05, 0) is 36.2 Å². The highest BCUT2D eigenvalue weighted by atomic mass is 16.4. The number of benzene rings is 1. The lowest BCUT2D eigenvalue weighted by molar-refractivity contribution is -0.140. The van der Waals surface area contributed by atoms with Crippen molar-refractivity contribution >= 4 is 22.4 Å². The Morgan fingerprint density at radius 2 is 2.35 bits per heavy atom. The number of aromatic nitrogens is 1. The van der Waals surface area contributed by atoms with Gasteiger partial charge in [-0.2, -0.15) is 0 Å². The molecule has 0 amide bonds. The Balaban J connectivity index is 1.96. The van der Waals surface area contributed by atoms with Crippen LogP contribution in [0.5, 0.6) is 0 Å². The molecule has 4 nitrogen and oxygen atoms in total. The van der Waals surface area contributed by atoms with Crippen molar-refractivity contribution in [2.75, 3.05) is 13.6 Å². The number of aromatic amines is 1. The molecule has 4 heteroatoms. The number of nitrogens with one attached hydrogen (secondary N) is 1. The van der Waals surface area contributed by atoms with Crippen molar-refractivity contribution in [3.63, 3.8) is 0 Å². The third kappa shape index (κ3) is 2.05. The fourth-order valence-corrected chi connectivity index (χ4v) is 4.09. The molecule has 2 N–H and O–H groups in total. The largest absolute Gasteiger partial charge is 0.481 e. The van der Waals surface area contributed by atoms with Gasteiger partial charge in [0.05, 0.1) is 5.92 Å². The molecule has 0 saturated carbocycles. The van der Waals surface area contributed by atoms with E-state index in [0.29, 0.717) is 6.54 Å². The van der Waals surface area contributed by atoms with Crippen molar-refractivity contribution in [3.05, 3.63) is 53.8 Å². The standard InChI is InChI=1S/C19H20N2O2/c1-3-5-15-14-9-17-13(8-11(19(22)23)10-21(17)2)12-6-4-7-16(20-15)18(12)14/h3-4,6-8,11,17,20H,1,5,9-10H2,2H3,(H,22,23)/t11-,17-/m1/s1. The Morgan fingerprint density at radius 1 is 1.52 bits per heavy atom. The molecule has 0 spiro atoms. The number of carboxylic acid groups (broad SMARTS) is 1. The lowest BCUT2D eigenvalue weighted by Crippen LogP contribution is -2.44. The molecule has 1 aliphatic carbocycles. The zero-order valence-corrected chi connectivity index (χ0v) is 13.2. The molecule has 0 saturated heterocycles. The third-order valence-electron chi connectivity index (χ3n) is 5.15. The lowest BCUT2D eigenvalue weighted by atomic mass is 9.79. The minimum atomic E-state index is -0.748. The van der Waals surface area contributed by atoms with Crippen molar-refractivity contribution in [2.24, 2.45) is 5.92 Å². The van der Waals surface area contributed by atoms with Crippen LogP contribution < -0.4 is 0 Å². The molecule has 1 aliphatic heterocycles. The highest BCUT2D eigenvalue weighted by Gasteiger charge is 2.36. The summed E-state index contributed by atoms with van der Waals surface area (Å²) in [6.07, 6.45) is 5.65. The second kappa shape index (κ2) is 5.10. The summed E-state index contributed by atoms with van der Waals surface area (Å²) in [7, 11) is 2.03. The number of carboxylic acids is 1. The van der Waals surface area contributed by atoms with Crippen molar-refractivity contribution in [3.8, 4) is 0 Å². The van der Waals surface area contributed by atoms with Gasteiger partial charge in [0.15, 0.2) is 0 Å². The van der Waals surface area contributed by atoms with E-state index < -0.39 is 11.9 Å². The molecular formula is C19H20N2O2. The fraction of sp³-hybridized carbons (Fsp3) is 0.316. The summed E-state index contributed by atoms with van der Waals surface area (Å²) >= 11 is 0. The van der Waals surface area contributed by atoms with E-state index in [0.717, 1.165) is 23.9 Å². The summed E-state index contributed by atoms with van der Waals surface area (Å²) < 4.78 is 0. The van der Waals surface area contributed by atoms with Crippen LogP contribution in [0.1, 0.15) is 16.8 Å². The first kappa shape index (κ1) is 14.3. The minimum absolute atomic E-state index is 0.253. The molecule has 1 aromatic heterocycles. The molecule has 2 heterocycles. The van der Waals surface area contributed by atoms with E-state index >= 15 is 0 Å². The van der Waals surface area contributed by atoms with Crippen molar-refractivity contribution in [2.45, 2.75) is 18.9 Å². The number of hydrogen-bond acceptors (Lipinski definition) is 2. The fourth-order valence-electron chi connectivity index (χ4n) is 4.09. The van der Waals surface area contributed by atoms with E-state index in [4.69, 9.17) is 0 Å². The quantitative estimate of drug-likeness (QED) is 0.857. The van der Waals surface area contributed by atoms with Crippen LogP contribution in [-0.2, 0) is 17.6 Å². The SMILES string of the molecule is C=CCc1[nH]c2cccc3c2c1C[C@@H]1C3=C[C@@H](C(=O)O)CN1C. The number of likely N-dealkylation sites (N-methyl/N-ethyl adjacent to an activating group) is 1. The summed E-state index contributed by atoms with van der Waals surface area (Å²) in [6.45, 7) is 4.43. The number of rotatable bonds is 3. The third-order valence-corrected chi connectivity index (χ3v) is 5.15. The molecule has 2 atom stereocenters. The smallest absolute Gasteiger partial charge is 0.311 e. The zero-order chi connectivity index (χ0) is 16.1. The predicted octanol–water partition coefficient (Wildman–Crippen LogP) is 2.85. The van der Waals surface area contributed by atoms with Gasteiger partial charge in [0.25, 0.3) is 0 Å². The van der Waals surface area contributed by atoms with Crippen LogP contribution >= 0.6 is 0 Å². The molecule has 2 aliphatic rings. The van der Waals surface area contributed by atoms with Gasteiger partial charge in [-0.1, -0.05) is 24.3 Å². The highest BCUT2D eigenvalue weighted by Crippen LogP contribution is 2.42.